The van der Waals surface area contributed by atoms with Crippen LogP contribution in [0.2, 0.25) is 0 Å². The molecule has 0 fully saturated rings. The summed E-state index contributed by atoms with van der Waals surface area (Å²) in [5.74, 6) is -0.264. The van der Waals surface area contributed by atoms with E-state index in [1.54, 1.807) is 12.4 Å². The highest BCUT2D eigenvalue weighted by Gasteiger charge is 2.07. The van der Waals surface area contributed by atoms with Crippen LogP contribution < -0.4 is 5.32 Å². The molecule has 0 aliphatic carbocycles. The molecule has 3 N–H and O–H groups in total. The van der Waals surface area contributed by atoms with E-state index in [1.807, 2.05) is 0 Å². The van der Waals surface area contributed by atoms with E-state index in [9.17, 15) is 4.79 Å². The summed E-state index contributed by atoms with van der Waals surface area (Å²) in [6.07, 6.45) is 4.72. The first-order chi connectivity index (χ1) is 6.86. The summed E-state index contributed by atoms with van der Waals surface area (Å²) < 4.78 is 0. The van der Waals surface area contributed by atoms with Gasteiger partial charge in [0.1, 0.15) is 0 Å². The van der Waals surface area contributed by atoms with Gasteiger partial charge in [-0.1, -0.05) is 0 Å². The molecule has 0 aliphatic heterocycles. The van der Waals surface area contributed by atoms with Crippen LogP contribution in [-0.4, -0.2) is 31.5 Å². The van der Waals surface area contributed by atoms with Gasteiger partial charge in [-0.2, -0.15) is 20.5 Å². The lowest BCUT2D eigenvalue weighted by molar-refractivity contribution is 0.0946. The molecule has 2 heterocycles. The molecule has 0 spiro atoms. The smallest absolute Gasteiger partial charge is 0.273 e. The van der Waals surface area contributed by atoms with Gasteiger partial charge in [-0.05, 0) is 0 Å². The second kappa shape index (κ2) is 3.69. The van der Waals surface area contributed by atoms with Crippen LogP contribution in [0.25, 0.3) is 0 Å². The van der Waals surface area contributed by atoms with Gasteiger partial charge in [-0.15, -0.1) is 0 Å². The van der Waals surface area contributed by atoms with Crippen LogP contribution in [0, 0.1) is 0 Å². The number of hydrogen-bond acceptors (Lipinski definition) is 4. The summed E-state index contributed by atoms with van der Waals surface area (Å²) in [5.41, 5.74) is 1.18. The first-order valence-electron chi connectivity index (χ1n) is 3.98. The topological polar surface area (TPSA) is 99.4 Å². The molecule has 0 bridgehead atoms. The minimum Gasteiger partial charge on any atom is -0.346 e. The number of aromatic nitrogens is 5. The second-order valence-corrected chi connectivity index (χ2v) is 2.64. The molecular formula is C7H8N6O. The third kappa shape index (κ3) is 1.76. The zero-order chi connectivity index (χ0) is 9.80. The third-order valence-electron chi connectivity index (χ3n) is 1.66. The normalized spacial score (nSPS) is 10.0. The highest BCUT2D eigenvalue weighted by molar-refractivity contribution is 5.91. The van der Waals surface area contributed by atoms with Crippen LogP contribution in [0.15, 0.2) is 18.6 Å². The van der Waals surface area contributed by atoms with E-state index in [4.69, 9.17) is 0 Å². The molecule has 72 valence electrons. The molecule has 0 aromatic carbocycles. The summed E-state index contributed by atoms with van der Waals surface area (Å²) >= 11 is 0. The molecule has 2 rings (SSSR count). The number of rotatable bonds is 3. The van der Waals surface area contributed by atoms with Crippen molar-refractivity contribution in [3.63, 3.8) is 0 Å². The van der Waals surface area contributed by atoms with Gasteiger partial charge in [0.15, 0.2) is 5.69 Å². The maximum atomic E-state index is 11.3. The Morgan fingerprint density at radius 2 is 2.36 bits per heavy atom. The first-order valence-corrected chi connectivity index (χ1v) is 3.98. The molecule has 0 radical (unpaired) electrons. The lowest BCUT2D eigenvalue weighted by atomic mass is 10.3. The Bertz CT molecular complexity index is 392. The Morgan fingerprint density at radius 3 is 3.00 bits per heavy atom. The molecule has 7 nitrogen and oxygen atoms in total. The number of aromatic amines is 2. The Kier molecular flexibility index (Phi) is 2.22. The van der Waals surface area contributed by atoms with E-state index in [1.165, 1.54) is 6.20 Å². The van der Waals surface area contributed by atoms with Crippen molar-refractivity contribution in [2.24, 2.45) is 0 Å². The van der Waals surface area contributed by atoms with Gasteiger partial charge < -0.3 is 5.32 Å². The number of nitrogens with zero attached hydrogens (tertiary/aromatic N) is 3. The van der Waals surface area contributed by atoms with Gasteiger partial charge >= 0.3 is 0 Å². The fraction of sp³-hybridized carbons (Fsp3) is 0.143. The van der Waals surface area contributed by atoms with E-state index in [2.05, 4.69) is 30.9 Å². The van der Waals surface area contributed by atoms with E-state index < -0.39 is 0 Å². The maximum Gasteiger partial charge on any atom is 0.273 e. The fourth-order valence-electron chi connectivity index (χ4n) is 0.958. The van der Waals surface area contributed by atoms with E-state index in [0.29, 0.717) is 6.54 Å². The van der Waals surface area contributed by atoms with Crippen molar-refractivity contribution in [3.05, 3.63) is 29.8 Å². The van der Waals surface area contributed by atoms with Gasteiger partial charge in [-0.25, -0.2) is 0 Å². The molecule has 14 heavy (non-hydrogen) atoms. The van der Waals surface area contributed by atoms with Gasteiger partial charge in [0.05, 0.1) is 12.4 Å². The summed E-state index contributed by atoms with van der Waals surface area (Å²) in [7, 11) is 0. The van der Waals surface area contributed by atoms with Crippen LogP contribution in [0.5, 0.6) is 0 Å². The predicted molar refractivity (Wildman–Crippen MR) is 46.1 cm³/mol. The van der Waals surface area contributed by atoms with Crippen molar-refractivity contribution < 1.29 is 4.79 Å². The fourth-order valence-corrected chi connectivity index (χ4v) is 0.958. The molecular weight excluding hydrogens is 184 g/mol. The molecule has 7 heteroatoms. The minimum absolute atomic E-state index is 0.264. The van der Waals surface area contributed by atoms with Crippen molar-refractivity contribution >= 4 is 5.91 Å². The third-order valence-corrected chi connectivity index (χ3v) is 1.66. The van der Waals surface area contributed by atoms with Crippen LogP contribution in [-0.2, 0) is 6.54 Å². The largest absolute Gasteiger partial charge is 0.346 e. The van der Waals surface area contributed by atoms with Crippen molar-refractivity contribution in [2.45, 2.75) is 6.54 Å². The average molecular weight is 192 g/mol. The number of H-pyrrole nitrogens is 2. The lowest BCUT2D eigenvalue weighted by Crippen LogP contribution is -2.22. The van der Waals surface area contributed by atoms with Crippen LogP contribution in [0.4, 0.5) is 0 Å². The van der Waals surface area contributed by atoms with Crippen molar-refractivity contribution in [1.82, 2.24) is 30.9 Å². The quantitative estimate of drug-likeness (QED) is 0.608. The maximum absolute atomic E-state index is 11.3. The first kappa shape index (κ1) is 8.42. The standard InChI is InChI=1S/C7H8N6O/c14-7(6-4-11-13-12-6)8-1-5-2-9-10-3-5/h2-4H,1H2,(H,8,14)(H,9,10)(H,11,12,13). The van der Waals surface area contributed by atoms with E-state index in [0.717, 1.165) is 5.56 Å². The highest BCUT2D eigenvalue weighted by atomic mass is 16.1. The molecule has 1 amide bonds. The lowest BCUT2D eigenvalue weighted by Gasteiger charge is -1.98. The Balaban J connectivity index is 1.90. The molecule has 2 aromatic rings. The zero-order valence-electron chi connectivity index (χ0n) is 7.19. The summed E-state index contributed by atoms with van der Waals surface area (Å²) in [6, 6.07) is 0. The average Bonchev–Trinajstić information content (AvgIpc) is 2.87. The Labute approximate surface area is 78.9 Å². The zero-order valence-corrected chi connectivity index (χ0v) is 7.19. The van der Waals surface area contributed by atoms with Crippen LogP contribution >= 0.6 is 0 Å². The summed E-state index contributed by atoms with van der Waals surface area (Å²) in [4.78, 5) is 11.3. The van der Waals surface area contributed by atoms with E-state index >= 15 is 0 Å². The van der Waals surface area contributed by atoms with Gasteiger partial charge in [-0.3, -0.25) is 9.89 Å². The Hall–Kier alpha value is -2.18. The van der Waals surface area contributed by atoms with Crippen LogP contribution in [0.3, 0.4) is 0 Å². The molecule has 2 aromatic heterocycles. The molecule has 0 aliphatic rings. The number of carbonyl (C=O) groups is 1. The second-order valence-electron chi connectivity index (χ2n) is 2.64. The molecule has 0 atom stereocenters. The summed E-state index contributed by atoms with van der Waals surface area (Å²) in [6.45, 7) is 0.419. The monoisotopic (exact) mass is 192 g/mol. The summed E-state index contributed by atoms with van der Waals surface area (Å²) in [5, 5.41) is 18.6. The number of amides is 1. The number of nitrogens with one attached hydrogen (secondary N) is 3. The van der Waals surface area contributed by atoms with Crippen molar-refractivity contribution in [1.29, 1.82) is 0 Å². The van der Waals surface area contributed by atoms with Crippen molar-refractivity contribution in [2.75, 3.05) is 0 Å². The Morgan fingerprint density at radius 1 is 1.43 bits per heavy atom. The minimum atomic E-state index is -0.264. The SMILES string of the molecule is O=C(NCc1cn[nH]c1)c1cn[nH]n1. The number of hydrogen-bond donors (Lipinski definition) is 3. The number of carbonyl (C=O) groups excluding carboxylic acids is 1. The molecule has 0 saturated carbocycles. The molecule has 0 saturated heterocycles. The predicted octanol–water partition coefficient (Wildman–Crippen LogP) is -0.542. The highest BCUT2D eigenvalue weighted by Crippen LogP contribution is 1.94. The van der Waals surface area contributed by atoms with Gasteiger partial charge in [0.25, 0.3) is 5.91 Å². The van der Waals surface area contributed by atoms with Crippen LogP contribution in [0.1, 0.15) is 16.1 Å². The van der Waals surface area contributed by atoms with E-state index in [-0.39, 0.29) is 11.6 Å². The van der Waals surface area contributed by atoms with Crippen molar-refractivity contribution in [3.8, 4) is 0 Å². The van der Waals surface area contributed by atoms with Gasteiger partial charge in [0, 0.05) is 18.3 Å². The van der Waals surface area contributed by atoms with Gasteiger partial charge in [0.2, 0.25) is 0 Å². The molecule has 0 unspecified atom stereocenters.